The van der Waals surface area contributed by atoms with Crippen molar-refractivity contribution in [2.24, 2.45) is 11.8 Å². The van der Waals surface area contributed by atoms with Gasteiger partial charge in [0.1, 0.15) is 0 Å². The maximum absolute atomic E-state index is 5.94. The average molecular weight is 214 g/mol. The highest BCUT2D eigenvalue weighted by Gasteiger charge is 2.32. The van der Waals surface area contributed by atoms with Gasteiger partial charge in [0.2, 0.25) is 0 Å². The minimum absolute atomic E-state index is 0.0488. The fourth-order valence-electron chi connectivity index (χ4n) is 2.19. The second-order valence-electron chi connectivity index (χ2n) is 4.81. The van der Waals surface area contributed by atoms with Crippen LogP contribution in [-0.2, 0) is 9.47 Å². The Kier molecular flexibility index (Phi) is 5.62. The summed E-state index contributed by atoms with van der Waals surface area (Å²) < 4.78 is 11.7. The lowest BCUT2D eigenvalue weighted by atomic mass is 9.84. The molecule has 2 heteroatoms. The predicted octanol–water partition coefficient (Wildman–Crippen LogP) is 3.60. The summed E-state index contributed by atoms with van der Waals surface area (Å²) in [5.74, 6) is 1.39. The average Bonchev–Trinajstić information content (AvgIpc) is 2.23. The van der Waals surface area contributed by atoms with E-state index in [0.717, 1.165) is 31.8 Å². The van der Waals surface area contributed by atoms with Crippen LogP contribution in [0.1, 0.15) is 53.4 Å². The summed E-state index contributed by atoms with van der Waals surface area (Å²) in [7, 11) is 0. The van der Waals surface area contributed by atoms with Crippen molar-refractivity contribution in [1.29, 1.82) is 0 Å². The summed E-state index contributed by atoms with van der Waals surface area (Å²) in [5.41, 5.74) is 0. The van der Waals surface area contributed by atoms with Crippen LogP contribution in [0.25, 0.3) is 0 Å². The molecule has 90 valence electrons. The molecule has 0 spiro atoms. The Balaban J connectivity index is 2.34. The van der Waals surface area contributed by atoms with Crippen LogP contribution < -0.4 is 0 Å². The summed E-state index contributed by atoms with van der Waals surface area (Å²) >= 11 is 0. The van der Waals surface area contributed by atoms with Crippen molar-refractivity contribution in [2.75, 3.05) is 6.61 Å². The van der Waals surface area contributed by atoms with E-state index in [2.05, 4.69) is 27.7 Å². The maximum Gasteiger partial charge on any atom is 0.158 e. The molecule has 1 aliphatic rings. The first-order valence-corrected chi connectivity index (χ1v) is 6.46. The zero-order chi connectivity index (χ0) is 11.3. The minimum atomic E-state index is 0.0488. The fourth-order valence-corrected chi connectivity index (χ4v) is 2.19. The summed E-state index contributed by atoms with van der Waals surface area (Å²) in [6.45, 7) is 9.83. The van der Waals surface area contributed by atoms with Gasteiger partial charge in [-0.1, -0.05) is 34.1 Å². The lowest BCUT2D eigenvalue weighted by Gasteiger charge is -2.38. The van der Waals surface area contributed by atoms with Crippen LogP contribution >= 0.6 is 0 Å². The predicted molar refractivity (Wildman–Crippen MR) is 62.8 cm³/mol. The molecule has 0 bridgehead atoms. The molecule has 1 rings (SSSR count). The number of rotatable bonds is 5. The smallest absolute Gasteiger partial charge is 0.158 e. The Bertz CT molecular complexity index is 170. The fraction of sp³-hybridized carbons (Fsp3) is 1.00. The molecule has 0 radical (unpaired) electrons. The summed E-state index contributed by atoms with van der Waals surface area (Å²) in [4.78, 5) is 0. The second-order valence-corrected chi connectivity index (χ2v) is 4.81. The molecule has 4 atom stereocenters. The van der Waals surface area contributed by atoms with Crippen molar-refractivity contribution in [1.82, 2.24) is 0 Å². The number of hydrogen-bond donors (Lipinski definition) is 0. The van der Waals surface area contributed by atoms with Gasteiger partial charge < -0.3 is 9.47 Å². The summed E-state index contributed by atoms with van der Waals surface area (Å²) in [6.07, 6.45) is 4.92. The van der Waals surface area contributed by atoms with Crippen molar-refractivity contribution in [3.8, 4) is 0 Å². The first-order chi connectivity index (χ1) is 7.19. The quantitative estimate of drug-likeness (QED) is 0.651. The van der Waals surface area contributed by atoms with Crippen LogP contribution in [0.3, 0.4) is 0 Å². The molecule has 2 unspecified atom stereocenters. The van der Waals surface area contributed by atoms with E-state index in [4.69, 9.17) is 9.47 Å². The molecule has 1 fully saturated rings. The third kappa shape index (κ3) is 3.76. The molecule has 0 amide bonds. The molecule has 0 saturated carbocycles. The normalized spacial score (nSPS) is 36.8. The molecule has 0 aromatic rings. The van der Waals surface area contributed by atoms with Crippen LogP contribution in [0.2, 0.25) is 0 Å². The SMILES string of the molecule is CCCCO[C@@H]1CC(C)[C@@H](C)C(CC)O1. The van der Waals surface area contributed by atoms with E-state index in [1.807, 2.05) is 0 Å². The van der Waals surface area contributed by atoms with Crippen LogP contribution in [0.15, 0.2) is 0 Å². The van der Waals surface area contributed by atoms with Gasteiger partial charge >= 0.3 is 0 Å². The van der Waals surface area contributed by atoms with Crippen molar-refractivity contribution in [3.05, 3.63) is 0 Å². The number of hydrogen-bond acceptors (Lipinski definition) is 2. The Hall–Kier alpha value is -0.0800. The van der Waals surface area contributed by atoms with Crippen molar-refractivity contribution in [3.63, 3.8) is 0 Å². The standard InChI is InChI=1S/C13H26O2/c1-5-7-8-14-13-9-10(3)11(4)12(6-2)15-13/h10-13H,5-9H2,1-4H3/t10?,11-,12?,13+/m1/s1. The van der Waals surface area contributed by atoms with Gasteiger partial charge in [0, 0.05) is 13.0 Å². The highest BCUT2D eigenvalue weighted by Crippen LogP contribution is 2.32. The summed E-state index contributed by atoms with van der Waals surface area (Å²) in [5, 5.41) is 0. The van der Waals surface area contributed by atoms with Gasteiger partial charge in [-0.25, -0.2) is 0 Å². The lowest BCUT2D eigenvalue weighted by Crippen LogP contribution is -2.39. The van der Waals surface area contributed by atoms with Gasteiger partial charge in [-0.2, -0.15) is 0 Å². The zero-order valence-corrected chi connectivity index (χ0v) is 10.7. The Morgan fingerprint density at radius 3 is 2.60 bits per heavy atom. The Labute approximate surface area is 94.3 Å². The molecule has 0 aliphatic carbocycles. The molecule has 1 aliphatic heterocycles. The molecular formula is C13H26O2. The van der Waals surface area contributed by atoms with Crippen molar-refractivity contribution < 1.29 is 9.47 Å². The molecule has 2 nitrogen and oxygen atoms in total. The highest BCUT2D eigenvalue weighted by atomic mass is 16.7. The van der Waals surface area contributed by atoms with Gasteiger partial charge in [-0.15, -0.1) is 0 Å². The van der Waals surface area contributed by atoms with Crippen LogP contribution in [0.4, 0.5) is 0 Å². The molecule has 15 heavy (non-hydrogen) atoms. The molecular weight excluding hydrogens is 188 g/mol. The lowest BCUT2D eigenvalue weighted by molar-refractivity contribution is -0.221. The van der Waals surface area contributed by atoms with Crippen LogP contribution in [-0.4, -0.2) is 19.0 Å². The van der Waals surface area contributed by atoms with E-state index in [9.17, 15) is 0 Å². The first-order valence-electron chi connectivity index (χ1n) is 6.46. The third-order valence-electron chi connectivity index (χ3n) is 3.58. The Morgan fingerprint density at radius 2 is 2.00 bits per heavy atom. The van der Waals surface area contributed by atoms with Gasteiger partial charge in [0.05, 0.1) is 6.10 Å². The van der Waals surface area contributed by atoms with Crippen LogP contribution in [0.5, 0.6) is 0 Å². The third-order valence-corrected chi connectivity index (χ3v) is 3.58. The van der Waals surface area contributed by atoms with Crippen molar-refractivity contribution >= 4 is 0 Å². The monoisotopic (exact) mass is 214 g/mol. The minimum Gasteiger partial charge on any atom is -0.353 e. The van der Waals surface area contributed by atoms with Crippen molar-refractivity contribution in [2.45, 2.75) is 65.8 Å². The Morgan fingerprint density at radius 1 is 1.27 bits per heavy atom. The largest absolute Gasteiger partial charge is 0.353 e. The highest BCUT2D eigenvalue weighted by molar-refractivity contribution is 4.77. The van der Waals surface area contributed by atoms with Gasteiger partial charge in [0.25, 0.3) is 0 Å². The van der Waals surface area contributed by atoms with E-state index in [0.29, 0.717) is 12.0 Å². The molecule has 0 N–H and O–H groups in total. The van der Waals surface area contributed by atoms with Gasteiger partial charge in [0.15, 0.2) is 6.29 Å². The maximum atomic E-state index is 5.94. The van der Waals surface area contributed by atoms with E-state index in [-0.39, 0.29) is 6.29 Å². The van der Waals surface area contributed by atoms with E-state index < -0.39 is 0 Å². The number of unbranched alkanes of at least 4 members (excludes halogenated alkanes) is 1. The molecule has 0 aromatic carbocycles. The number of ether oxygens (including phenoxy) is 2. The molecule has 1 heterocycles. The second kappa shape index (κ2) is 6.49. The zero-order valence-electron chi connectivity index (χ0n) is 10.7. The van der Waals surface area contributed by atoms with E-state index in [1.54, 1.807) is 0 Å². The molecule has 1 saturated heterocycles. The molecule has 0 aromatic heterocycles. The topological polar surface area (TPSA) is 18.5 Å². The van der Waals surface area contributed by atoms with E-state index >= 15 is 0 Å². The summed E-state index contributed by atoms with van der Waals surface area (Å²) in [6, 6.07) is 0. The first kappa shape index (κ1) is 13.0. The van der Waals surface area contributed by atoms with Crippen LogP contribution in [0, 0.1) is 11.8 Å². The van der Waals surface area contributed by atoms with Gasteiger partial charge in [-0.05, 0) is 24.7 Å². The van der Waals surface area contributed by atoms with Gasteiger partial charge in [-0.3, -0.25) is 0 Å². The van der Waals surface area contributed by atoms with E-state index in [1.165, 1.54) is 6.42 Å².